The van der Waals surface area contributed by atoms with E-state index < -0.39 is 5.60 Å². The highest BCUT2D eigenvalue weighted by Gasteiger charge is 2.47. The summed E-state index contributed by atoms with van der Waals surface area (Å²) in [4.78, 5) is 22.9. The quantitative estimate of drug-likeness (QED) is 0.912. The third-order valence-electron chi connectivity index (χ3n) is 5.15. The number of amides is 1. The molecule has 2 aliphatic rings. The molecule has 1 saturated carbocycles. The molecule has 1 aromatic rings. The summed E-state index contributed by atoms with van der Waals surface area (Å²) in [5.74, 6) is 0.241. The molecule has 2 fully saturated rings. The molecule has 2 heterocycles. The van der Waals surface area contributed by atoms with Crippen LogP contribution in [0.5, 0.6) is 6.01 Å². The molecule has 132 valence electrons. The molecule has 0 spiro atoms. The highest BCUT2D eigenvalue weighted by Crippen LogP contribution is 2.46. The van der Waals surface area contributed by atoms with Gasteiger partial charge in [-0.05, 0) is 52.0 Å². The van der Waals surface area contributed by atoms with Crippen molar-refractivity contribution in [1.29, 1.82) is 0 Å². The fraction of sp³-hybridized carbons (Fsp3) is 0.722. The predicted molar refractivity (Wildman–Crippen MR) is 89.7 cm³/mol. The van der Waals surface area contributed by atoms with Gasteiger partial charge in [-0.25, -0.2) is 9.97 Å². The lowest BCUT2D eigenvalue weighted by atomic mass is 9.96. The van der Waals surface area contributed by atoms with E-state index in [-0.39, 0.29) is 17.9 Å². The summed E-state index contributed by atoms with van der Waals surface area (Å²) in [5, 5.41) is 10.9. The molecule has 1 aliphatic carbocycles. The third kappa shape index (κ3) is 3.86. The van der Waals surface area contributed by atoms with Crippen LogP contribution in [0.2, 0.25) is 0 Å². The number of rotatable bonds is 4. The van der Waals surface area contributed by atoms with E-state index in [0.717, 1.165) is 37.2 Å². The molecule has 1 aromatic heterocycles. The fourth-order valence-corrected chi connectivity index (χ4v) is 3.27. The maximum Gasteiger partial charge on any atom is 0.316 e. The zero-order chi connectivity index (χ0) is 17.4. The van der Waals surface area contributed by atoms with Gasteiger partial charge in [0.2, 0.25) is 5.91 Å². The average Bonchev–Trinajstić information content (AvgIpc) is 3.29. The summed E-state index contributed by atoms with van der Waals surface area (Å²) >= 11 is 0. The number of hydrogen-bond donors (Lipinski definition) is 1. The normalized spacial score (nSPS) is 25.9. The third-order valence-corrected chi connectivity index (χ3v) is 5.15. The van der Waals surface area contributed by atoms with Crippen molar-refractivity contribution < 1.29 is 14.6 Å². The van der Waals surface area contributed by atoms with Gasteiger partial charge in [0.25, 0.3) is 0 Å². The zero-order valence-corrected chi connectivity index (χ0v) is 14.8. The molecule has 0 aromatic carbocycles. The Kier molecular flexibility index (Phi) is 4.51. The van der Waals surface area contributed by atoms with Gasteiger partial charge in [0, 0.05) is 29.9 Å². The fourth-order valence-electron chi connectivity index (χ4n) is 3.27. The molecule has 1 N–H and O–H groups in total. The van der Waals surface area contributed by atoms with E-state index in [1.807, 2.05) is 31.7 Å². The summed E-state index contributed by atoms with van der Waals surface area (Å²) in [5.41, 5.74) is 0.617. The summed E-state index contributed by atoms with van der Waals surface area (Å²) in [6, 6.07) is 2.19. The van der Waals surface area contributed by atoms with Gasteiger partial charge < -0.3 is 14.7 Å². The molecule has 1 aliphatic heterocycles. The van der Waals surface area contributed by atoms with Crippen molar-refractivity contribution in [1.82, 2.24) is 14.9 Å². The highest BCUT2D eigenvalue weighted by atomic mass is 16.5. The number of likely N-dealkylation sites (tertiary alicyclic amines) is 1. The van der Waals surface area contributed by atoms with E-state index in [0.29, 0.717) is 25.4 Å². The summed E-state index contributed by atoms with van der Waals surface area (Å²) in [7, 11) is 0. The zero-order valence-electron chi connectivity index (χ0n) is 14.8. The van der Waals surface area contributed by atoms with Crippen LogP contribution < -0.4 is 4.74 Å². The highest BCUT2D eigenvalue weighted by molar-refractivity contribution is 5.84. The molecule has 3 rings (SSSR count). The Labute approximate surface area is 143 Å². The second-order valence-electron chi connectivity index (χ2n) is 7.65. The summed E-state index contributed by atoms with van der Waals surface area (Å²) < 4.78 is 5.67. The maximum absolute atomic E-state index is 12.5. The molecule has 1 atom stereocenters. The lowest BCUT2D eigenvalue weighted by Crippen LogP contribution is -2.40. The van der Waals surface area contributed by atoms with E-state index in [2.05, 4.69) is 9.97 Å². The molecule has 24 heavy (non-hydrogen) atoms. The molecule has 1 unspecified atom stereocenters. The number of aryl methyl sites for hydroxylation is 2. The van der Waals surface area contributed by atoms with Crippen molar-refractivity contribution in [2.24, 2.45) is 5.41 Å². The Hall–Kier alpha value is -1.69. The average molecular weight is 333 g/mol. The van der Waals surface area contributed by atoms with Gasteiger partial charge in [-0.2, -0.15) is 0 Å². The first-order chi connectivity index (χ1) is 11.3. The Morgan fingerprint density at radius 3 is 2.50 bits per heavy atom. The molecule has 1 amide bonds. The minimum Gasteiger partial charge on any atom is -0.460 e. The number of ether oxygens (including phenoxy) is 1. The molecule has 0 bridgehead atoms. The van der Waals surface area contributed by atoms with Gasteiger partial charge in [0.1, 0.15) is 12.2 Å². The van der Waals surface area contributed by atoms with Crippen LogP contribution >= 0.6 is 0 Å². The van der Waals surface area contributed by atoms with Crippen LogP contribution in [0.4, 0.5) is 0 Å². The van der Waals surface area contributed by atoms with Gasteiger partial charge in [-0.3, -0.25) is 4.79 Å². The van der Waals surface area contributed by atoms with Crippen molar-refractivity contribution >= 4 is 5.91 Å². The van der Waals surface area contributed by atoms with E-state index in [4.69, 9.17) is 4.74 Å². The van der Waals surface area contributed by atoms with Gasteiger partial charge in [-0.15, -0.1) is 0 Å². The first kappa shape index (κ1) is 17.1. The van der Waals surface area contributed by atoms with Gasteiger partial charge in [-0.1, -0.05) is 6.92 Å². The number of nitrogens with zero attached hydrogens (tertiary/aromatic N) is 3. The molecule has 1 saturated heterocycles. The monoisotopic (exact) mass is 333 g/mol. The lowest BCUT2D eigenvalue weighted by molar-refractivity contribution is -0.136. The standard InChI is InChI=1S/C18H27N3O3/c1-13-11-14(2)20-16(19-13)24-12-18(23)5-4-9-21(10-8-18)15(22)17(3)6-7-17/h11,23H,4-10,12H2,1-3H3. The van der Waals surface area contributed by atoms with Crippen LogP contribution in [0.25, 0.3) is 0 Å². The number of aromatic nitrogens is 2. The summed E-state index contributed by atoms with van der Waals surface area (Å²) in [6.45, 7) is 7.29. The number of hydrogen-bond acceptors (Lipinski definition) is 5. The van der Waals surface area contributed by atoms with Crippen LogP contribution in [0.15, 0.2) is 6.07 Å². The van der Waals surface area contributed by atoms with Crippen molar-refractivity contribution in [3.8, 4) is 6.01 Å². The van der Waals surface area contributed by atoms with Crippen molar-refractivity contribution in [2.45, 2.75) is 58.5 Å². The van der Waals surface area contributed by atoms with Crippen LogP contribution in [-0.2, 0) is 4.79 Å². The molecule has 0 radical (unpaired) electrons. The minimum atomic E-state index is -0.930. The topological polar surface area (TPSA) is 75.6 Å². The van der Waals surface area contributed by atoms with Crippen LogP contribution in [0.1, 0.15) is 50.4 Å². The lowest BCUT2D eigenvalue weighted by Gasteiger charge is -2.27. The minimum absolute atomic E-state index is 0.147. The van der Waals surface area contributed by atoms with Crippen LogP contribution in [0, 0.1) is 19.3 Å². The van der Waals surface area contributed by atoms with E-state index in [1.54, 1.807) is 0 Å². The van der Waals surface area contributed by atoms with Gasteiger partial charge >= 0.3 is 6.01 Å². The Bertz CT molecular complexity index is 610. The molecular weight excluding hydrogens is 306 g/mol. The second-order valence-corrected chi connectivity index (χ2v) is 7.65. The van der Waals surface area contributed by atoms with Gasteiger partial charge in [0.15, 0.2) is 0 Å². The number of carbonyl (C=O) groups is 1. The van der Waals surface area contributed by atoms with Crippen molar-refractivity contribution in [2.75, 3.05) is 19.7 Å². The van der Waals surface area contributed by atoms with Gasteiger partial charge in [0.05, 0.1) is 0 Å². The SMILES string of the molecule is Cc1cc(C)nc(OCC2(O)CCCN(C(=O)C3(C)CC3)CC2)n1. The predicted octanol–water partition coefficient (Wildman–Crippen LogP) is 2.02. The molecule has 6 heteroatoms. The molecular formula is C18H27N3O3. The maximum atomic E-state index is 12.5. The van der Waals surface area contributed by atoms with Crippen molar-refractivity contribution in [3.63, 3.8) is 0 Å². The second kappa shape index (κ2) is 6.31. The Morgan fingerprint density at radius 2 is 1.88 bits per heavy atom. The summed E-state index contributed by atoms with van der Waals surface area (Å²) in [6.07, 6.45) is 3.91. The first-order valence-electron chi connectivity index (χ1n) is 8.77. The first-order valence-corrected chi connectivity index (χ1v) is 8.77. The Morgan fingerprint density at radius 1 is 1.21 bits per heavy atom. The van der Waals surface area contributed by atoms with E-state index in [9.17, 15) is 9.90 Å². The van der Waals surface area contributed by atoms with Crippen LogP contribution in [-0.4, -0.2) is 51.2 Å². The van der Waals surface area contributed by atoms with Crippen molar-refractivity contribution in [3.05, 3.63) is 17.5 Å². The Balaban J connectivity index is 1.58. The van der Waals surface area contributed by atoms with E-state index in [1.165, 1.54) is 0 Å². The number of carbonyl (C=O) groups excluding carboxylic acids is 1. The van der Waals surface area contributed by atoms with E-state index >= 15 is 0 Å². The largest absolute Gasteiger partial charge is 0.460 e. The molecule has 6 nitrogen and oxygen atoms in total. The van der Waals surface area contributed by atoms with Crippen LogP contribution in [0.3, 0.4) is 0 Å². The number of aliphatic hydroxyl groups is 1. The smallest absolute Gasteiger partial charge is 0.316 e.